The molecule has 1 aliphatic carbocycles. The number of nitrogens with zero attached hydrogens (tertiary/aromatic N) is 1. The molecule has 0 spiro atoms. The average molecular weight is 280 g/mol. The minimum absolute atomic E-state index is 0.0343. The molecule has 5 nitrogen and oxygen atoms in total. The summed E-state index contributed by atoms with van der Waals surface area (Å²) in [5, 5.41) is 3.07. The van der Waals surface area contributed by atoms with E-state index in [-0.39, 0.29) is 6.03 Å². The molecule has 1 saturated carbocycles. The summed E-state index contributed by atoms with van der Waals surface area (Å²) in [4.78, 5) is 14.0. The third-order valence-corrected chi connectivity index (χ3v) is 3.70. The van der Waals surface area contributed by atoms with Crippen LogP contribution in [0.5, 0.6) is 0 Å². The van der Waals surface area contributed by atoms with Gasteiger partial charge in [-0.3, -0.25) is 0 Å². The van der Waals surface area contributed by atoms with Crippen LogP contribution < -0.4 is 5.32 Å². The van der Waals surface area contributed by atoms with E-state index in [0.29, 0.717) is 25.7 Å². The highest BCUT2D eigenvalue weighted by molar-refractivity contribution is 5.74. The van der Waals surface area contributed by atoms with Gasteiger partial charge in [-0.1, -0.05) is 6.92 Å². The van der Waals surface area contributed by atoms with Crippen molar-refractivity contribution in [2.45, 2.75) is 39.3 Å². The largest absolute Gasteiger partial charge is 0.464 e. The predicted molar refractivity (Wildman–Crippen MR) is 76.4 cm³/mol. The van der Waals surface area contributed by atoms with Gasteiger partial charge in [0, 0.05) is 19.7 Å². The molecule has 0 bridgehead atoms. The van der Waals surface area contributed by atoms with Crippen molar-refractivity contribution in [1.82, 2.24) is 10.2 Å². The van der Waals surface area contributed by atoms with Gasteiger partial charge in [-0.05, 0) is 37.8 Å². The zero-order chi connectivity index (χ0) is 14.5. The van der Waals surface area contributed by atoms with Crippen LogP contribution in [-0.4, -0.2) is 37.2 Å². The van der Waals surface area contributed by atoms with Crippen molar-refractivity contribution in [2.24, 2.45) is 5.92 Å². The quantitative estimate of drug-likeness (QED) is 0.871. The molecular weight excluding hydrogens is 256 g/mol. The molecule has 0 aromatic carbocycles. The molecule has 20 heavy (non-hydrogen) atoms. The molecule has 0 unspecified atom stereocenters. The molecule has 0 saturated heterocycles. The van der Waals surface area contributed by atoms with Crippen LogP contribution in [0.25, 0.3) is 0 Å². The van der Waals surface area contributed by atoms with Crippen molar-refractivity contribution in [3.8, 4) is 0 Å². The number of hydrogen-bond donors (Lipinski definition) is 1. The lowest BCUT2D eigenvalue weighted by atomic mass is 9.82. The Morgan fingerprint density at radius 2 is 2.25 bits per heavy atom. The lowest BCUT2D eigenvalue weighted by Gasteiger charge is -2.35. The van der Waals surface area contributed by atoms with Crippen molar-refractivity contribution in [3.05, 3.63) is 23.7 Å². The topological polar surface area (TPSA) is 54.7 Å². The lowest BCUT2D eigenvalue weighted by molar-refractivity contribution is 0.134. The number of furan rings is 1. The number of nitrogens with one attached hydrogen (secondary N) is 1. The van der Waals surface area contributed by atoms with E-state index in [4.69, 9.17) is 9.15 Å². The number of carbonyl (C=O) groups is 1. The summed E-state index contributed by atoms with van der Waals surface area (Å²) in [6.07, 6.45) is 2.15. The Labute approximate surface area is 120 Å². The smallest absolute Gasteiger partial charge is 0.318 e. The zero-order valence-electron chi connectivity index (χ0n) is 12.5. The highest BCUT2D eigenvalue weighted by Crippen LogP contribution is 2.26. The van der Waals surface area contributed by atoms with Crippen LogP contribution in [0.2, 0.25) is 0 Å². The average Bonchev–Trinajstić information content (AvgIpc) is 2.78. The molecular formula is C15H24N2O3. The number of ether oxygens (including phenoxy) is 1. The van der Waals surface area contributed by atoms with E-state index in [2.05, 4.69) is 12.2 Å². The molecule has 1 aliphatic rings. The first kappa shape index (κ1) is 14.9. The SMILES string of the molecule is COCCN(Cc1ccc(C)o1)C(=O)NC1CC(C)C1. The molecule has 1 heterocycles. The van der Waals surface area contributed by atoms with Crippen LogP contribution in [0.1, 0.15) is 31.3 Å². The first-order chi connectivity index (χ1) is 9.58. The zero-order valence-corrected chi connectivity index (χ0v) is 12.5. The Morgan fingerprint density at radius 1 is 1.50 bits per heavy atom. The van der Waals surface area contributed by atoms with Gasteiger partial charge >= 0.3 is 6.03 Å². The second-order valence-corrected chi connectivity index (χ2v) is 5.65. The fourth-order valence-electron chi connectivity index (χ4n) is 2.50. The molecule has 2 amide bonds. The van der Waals surface area contributed by atoms with Crippen molar-refractivity contribution in [2.75, 3.05) is 20.3 Å². The number of methoxy groups -OCH3 is 1. The van der Waals surface area contributed by atoms with Gasteiger partial charge in [0.15, 0.2) is 0 Å². The van der Waals surface area contributed by atoms with Crippen molar-refractivity contribution < 1.29 is 13.9 Å². The Morgan fingerprint density at radius 3 is 2.80 bits per heavy atom. The summed E-state index contributed by atoms with van der Waals surface area (Å²) in [5.74, 6) is 2.39. The second-order valence-electron chi connectivity index (χ2n) is 5.65. The Kier molecular flexibility index (Phi) is 5.06. The minimum atomic E-state index is -0.0343. The summed E-state index contributed by atoms with van der Waals surface area (Å²) in [6, 6.07) is 4.11. The molecule has 0 radical (unpaired) electrons. The first-order valence-electron chi connectivity index (χ1n) is 7.18. The van der Waals surface area contributed by atoms with Crippen LogP contribution in [-0.2, 0) is 11.3 Å². The van der Waals surface area contributed by atoms with Crippen molar-refractivity contribution in [3.63, 3.8) is 0 Å². The number of amides is 2. The molecule has 5 heteroatoms. The van der Waals surface area contributed by atoms with Gasteiger partial charge in [0.1, 0.15) is 11.5 Å². The molecule has 1 aromatic heterocycles. The molecule has 1 aromatic rings. The van der Waals surface area contributed by atoms with Crippen molar-refractivity contribution in [1.29, 1.82) is 0 Å². The normalized spacial score (nSPS) is 21.4. The Bertz CT molecular complexity index is 438. The van der Waals surface area contributed by atoms with Crippen LogP contribution in [0, 0.1) is 12.8 Å². The summed E-state index contributed by atoms with van der Waals surface area (Å²) in [7, 11) is 1.64. The summed E-state index contributed by atoms with van der Waals surface area (Å²) < 4.78 is 10.6. The second kappa shape index (κ2) is 6.79. The van der Waals surface area contributed by atoms with Crippen LogP contribution >= 0.6 is 0 Å². The Balaban J connectivity index is 1.89. The van der Waals surface area contributed by atoms with Gasteiger partial charge in [-0.15, -0.1) is 0 Å². The van der Waals surface area contributed by atoms with Gasteiger partial charge in [0.2, 0.25) is 0 Å². The summed E-state index contributed by atoms with van der Waals surface area (Å²) in [5.41, 5.74) is 0. The number of urea groups is 1. The standard InChI is InChI=1S/C15H24N2O3/c1-11-8-13(9-11)16-15(18)17(6-7-19-3)10-14-5-4-12(2)20-14/h4-5,11,13H,6-10H2,1-3H3,(H,16,18). The fourth-order valence-corrected chi connectivity index (χ4v) is 2.50. The van der Waals surface area contributed by atoms with Gasteiger partial charge < -0.3 is 19.4 Å². The highest BCUT2D eigenvalue weighted by atomic mass is 16.5. The number of hydrogen-bond acceptors (Lipinski definition) is 3. The van der Waals surface area contributed by atoms with E-state index < -0.39 is 0 Å². The first-order valence-corrected chi connectivity index (χ1v) is 7.18. The fraction of sp³-hybridized carbons (Fsp3) is 0.667. The monoisotopic (exact) mass is 280 g/mol. The van der Waals surface area contributed by atoms with E-state index in [1.807, 2.05) is 19.1 Å². The molecule has 0 atom stereocenters. The predicted octanol–water partition coefficient (Wildman–Crippen LogP) is 2.54. The van der Waals surface area contributed by atoms with Gasteiger partial charge in [0.05, 0.1) is 13.2 Å². The molecule has 112 valence electrons. The van der Waals surface area contributed by atoms with Crippen LogP contribution in [0.3, 0.4) is 0 Å². The third kappa shape index (κ3) is 4.00. The molecule has 0 aliphatic heterocycles. The van der Waals surface area contributed by atoms with Gasteiger partial charge in [-0.25, -0.2) is 4.79 Å². The van der Waals surface area contributed by atoms with E-state index in [1.54, 1.807) is 12.0 Å². The third-order valence-electron chi connectivity index (χ3n) is 3.70. The number of rotatable bonds is 6. The lowest BCUT2D eigenvalue weighted by Crippen LogP contribution is -2.49. The highest BCUT2D eigenvalue weighted by Gasteiger charge is 2.28. The van der Waals surface area contributed by atoms with Gasteiger partial charge in [0.25, 0.3) is 0 Å². The molecule has 2 rings (SSSR count). The summed E-state index contributed by atoms with van der Waals surface area (Å²) >= 11 is 0. The van der Waals surface area contributed by atoms with E-state index in [9.17, 15) is 4.79 Å². The summed E-state index contributed by atoms with van der Waals surface area (Å²) in [6.45, 7) is 5.67. The van der Waals surface area contributed by atoms with E-state index in [0.717, 1.165) is 30.3 Å². The van der Waals surface area contributed by atoms with Crippen LogP contribution in [0.4, 0.5) is 4.79 Å². The molecule has 1 fully saturated rings. The minimum Gasteiger partial charge on any atom is -0.464 e. The Hall–Kier alpha value is -1.49. The van der Waals surface area contributed by atoms with E-state index >= 15 is 0 Å². The van der Waals surface area contributed by atoms with Crippen molar-refractivity contribution >= 4 is 6.03 Å². The number of carbonyl (C=O) groups excluding carboxylic acids is 1. The maximum atomic E-state index is 12.3. The maximum Gasteiger partial charge on any atom is 0.318 e. The molecule has 1 N–H and O–H groups in total. The van der Waals surface area contributed by atoms with Crippen LogP contribution in [0.15, 0.2) is 16.5 Å². The van der Waals surface area contributed by atoms with E-state index in [1.165, 1.54) is 0 Å². The maximum absolute atomic E-state index is 12.3. The van der Waals surface area contributed by atoms with Gasteiger partial charge in [-0.2, -0.15) is 0 Å². The number of aryl methyl sites for hydroxylation is 1.